The summed E-state index contributed by atoms with van der Waals surface area (Å²) in [7, 11) is 0. The molecule has 1 heterocycles. The summed E-state index contributed by atoms with van der Waals surface area (Å²) in [5, 5.41) is 4.99. The van der Waals surface area contributed by atoms with E-state index in [1.807, 2.05) is 0 Å². The normalized spacial score (nSPS) is 12.9. The van der Waals surface area contributed by atoms with Crippen LogP contribution in [-0.2, 0) is 5.41 Å². The maximum absolute atomic E-state index is 2.50. The number of para-hydroxylation sites is 1. The molecule has 9 aromatic carbocycles. The fraction of sp³-hybridized carbons (Fsp3) is 0.0545. The maximum atomic E-state index is 2.50. The summed E-state index contributed by atoms with van der Waals surface area (Å²) in [6, 6.07) is 75.5. The van der Waals surface area contributed by atoms with Crippen LogP contribution < -0.4 is 4.90 Å². The van der Waals surface area contributed by atoms with Crippen LogP contribution in [-0.4, -0.2) is 4.57 Å². The van der Waals surface area contributed by atoms with Crippen molar-refractivity contribution >= 4 is 49.6 Å². The highest BCUT2D eigenvalue weighted by atomic mass is 15.1. The standard InChI is InChI=1S/C55H40N2/c1-55(2)49-25-15-14-22-44(49)47-34-48-51(35-50(47)55)57(41-20-10-5-11-21-41)53-36-52(45-23-12-13-24-46(45)54(48)53)56(42-30-26-39(27-31-42)37-16-6-3-7-17-37)43-32-28-40(29-33-43)38-18-8-4-9-19-38/h3-36H,1-2H3. The zero-order chi connectivity index (χ0) is 38.1. The minimum absolute atomic E-state index is 0.111. The number of hydrogen-bond donors (Lipinski definition) is 0. The predicted octanol–water partition coefficient (Wildman–Crippen LogP) is 15.0. The van der Waals surface area contributed by atoms with Gasteiger partial charge in [-0.3, -0.25) is 0 Å². The molecular formula is C55H40N2. The smallest absolute Gasteiger partial charge is 0.0568 e. The molecule has 0 saturated carbocycles. The van der Waals surface area contributed by atoms with E-state index in [0.29, 0.717) is 0 Å². The summed E-state index contributed by atoms with van der Waals surface area (Å²) in [4.78, 5) is 2.44. The van der Waals surface area contributed by atoms with Crippen LogP contribution in [0.15, 0.2) is 206 Å². The number of anilines is 3. The topological polar surface area (TPSA) is 8.17 Å². The summed E-state index contributed by atoms with van der Waals surface area (Å²) in [6.45, 7) is 4.74. The molecule has 2 nitrogen and oxygen atoms in total. The van der Waals surface area contributed by atoms with Crippen molar-refractivity contribution in [1.82, 2.24) is 4.57 Å². The molecule has 0 aliphatic heterocycles. The molecule has 0 saturated heterocycles. The quantitative estimate of drug-likeness (QED) is 0.165. The summed E-state index contributed by atoms with van der Waals surface area (Å²) in [5.41, 5.74) is 17.0. The fourth-order valence-electron chi connectivity index (χ4n) is 9.39. The van der Waals surface area contributed by atoms with E-state index in [1.165, 1.54) is 77.1 Å². The molecule has 0 bridgehead atoms. The molecule has 57 heavy (non-hydrogen) atoms. The highest BCUT2D eigenvalue weighted by Crippen LogP contribution is 2.52. The van der Waals surface area contributed by atoms with Gasteiger partial charge in [0.1, 0.15) is 0 Å². The lowest BCUT2D eigenvalue weighted by Gasteiger charge is -2.28. The van der Waals surface area contributed by atoms with Crippen molar-refractivity contribution in [2.24, 2.45) is 0 Å². The van der Waals surface area contributed by atoms with Crippen LogP contribution in [0.5, 0.6) is 0 Å². The molecule has 0 atom stereocenters. The summed E-state index contributed by atoms with van der Waals surface area (Å²) < 4.78 is 2.50. The fourth-order valence-corrected chi connectivity index (χ4v) is 9.39. The van der Waals surface area contributed by atoms with Gasteiger partial charge in [-0.05, 0) is 104 Å². The van der Waals surface area contributed by atoms with Gasteiger partial charge in [0.2, 0.25) is 0 Å². The van der Waals surface area contributed by atoms with E-state index in [9.17, 15) is 0 Å². The molecule has 0 radical (unpaired) electrons. The molecule has 0 unspecified atom stereocenters. The lowest BCUT2D eigenvalue weighted by Crippen LogP contribution is -2.14. The Kier molecular flexibility index (Phi) is 7.55. The number of rotatable bonds is 6. The van der Waals surface area contributed by atoms with Gasteiger partial charge in [-0.15, -0.1) is 0 Å². The Morgan fingerprint density at radius 2 is 0.895 bits per heavy atom. The Morgan fingerprint density at radius 3 is 1.51 bits per heavy atom. The van der Waals surface area contributed by atoms with Gasteiger partial charge < -0.3 is 9.47 Å². The van der Waals surface area contributed by atoms with E-state index in [-0.39, 0.29) is 5.41 Å². The van der Waals surface area contributed by atoms with Crippen molar-refractivity contribution < 1.29 is 0 Å². The van der Waals surface area contributed by atoms with E-state index in [0.717, 1.165) is 22.7 Å². The predicted molar refractivity (Wildman–Crippen MR) is 241 cm³/mol. The van der Waals surface area contributed by atoms with Crippen LogP contribution in [0.1, 0.15) is 25.0 Å². The van der Waals surface area contributed by atoms with Gasteiger partial charge in [-0.2, -0.15) is 0 Å². The van der Waals surface area contributed by atoms with Crippen molar-refractivity contribution in [2.75, 3.05) is 4.90 Å². The Bertz CT molecular complexity index is 3020. The highest BCUT2D eigenvalue weighted by Gasteiger charge is 2.36. The van der Waals surface area contributed by atoms with Crippen molar-refractivity contribution in [2.45, 2.75) is 19.3 Å². The second-order valence-corrected chi connectivity index (χ2v) is 15.8. The Balaban J connectivity index is 1.20. The Hall–Kier alpha value is -7.16. The largest absolute Gasteiger partial charge is 0.310 e. The molecule has 0 N–H and O–H groups in total. The third kappa shape index (κ3) is 5.25. The third-order valence-electron chi connectivity index (χ3n) is 12.2. The number of benzene rings is 9. The average Bonchev–Trinajstić information content (AvgIpc) is 3.72. The number of hydrogen-bond acceptors (Lipinski definition) is 1. The molecule has 11 rings (SSSR count). The lowest BCUT2D eigenvalue weighted by molar-refractivity contribution is 0.661. The van der Waals surface area contributed by atoms with Gasteiger partial charge in [0, 0.05) is 38.6 Å². The SMILES string of the molecule is CC1(C)c2ccccc2-c2cc3c4c5ccccc5c(N(c5ccc(-c6ccccc6)cc5)c5ccc(-c6ccccc6)cc5)cc4n(-c4ccccc4)c3cc21. The Morgan fingerprint density at radius 1 is 0.386 bits per heavy atom. The van der Waals surface area contributed by atoms with Crippen molar-refractivity contribution in [1.29, 1.82) is 0 Å². The molecule has 1 aliphatic carbocycles. The van der Waals surface area contributed by atoms with E-state index >= 15 is 0 Å². The summed E-state index contributed by atoms with van der Waals surface area (Å²) >= 11 is 0. The van der Waals surface area contributed by atoms with Crippen LogP contribution in [0, 0.1) is 0 Å². The van der Waals surface area contributed by atoms with Crippen LogP contribution in [0.3, 0.4) is 0 Å². The molecule has 0 spiro atoms. The maximum Gasteiger partial charge on any atom is 0.0568 e. The molecule has 2 heteroatoms. The zero-order valence-corrected chi connectivity index (χ0v) is 32.0. The van der Waals surface area contributed by atoms with Gasteiger partial charge >= 0.3 is 0 Å². The van der Waals surface area contributed by atoms with Gasteiger partial charge in [0.15, 0.2) is 0 Å². The molecular weight excluding hydrogens is 689 g/mol. The molecule has 10 aromatic rings. The van der Waals surface area contributed by atoms with E-state index in [2.05, 4.69) is 230 Å². The van der Waals surface area contributed by atoms with Crippen molar-refractivity contribution in [3.05, 3.63) is 217 Å². The van der Waals surface area contributed by atoms with E-state index in [4.69, 9.17) is 0 Å². The first-order chi connectivity index (χ1) is 28.0. The first-order valence-corrected chi connectivity index (χ1v) is 19.9. The minimum Gasteiger partial charge on any atom is -0.310 e. The molecule has 0 amide bonds. The van der Waals surface area contributed by atoms with E-state index < -0.39 is 0 Å². The molecule has 270 valence electrons. The first-order valence-electron chi connectivity index (χ1n) is 19.9. The number of nitrogens with zero attached hydrogens (tertiary/aromatic N) is 2. The molecule has 1 aromatic heterocycles. The number of fused-ring (bicyclic) bond motifs is 8. The summed E-state index contributed by atoms with van der Waals surface area (Å²) in [5.74, 6) is 0. The monoisotopic (exact) mass is 728 g/mol. The lowest BCUT2D eigenvalue weighted by atomic mass is 9.82. The van der Waals surface area contributed by atoms with Crippen LogP contribution >= 0.6 is 0 Å². The van der Waals surface area contributed by atoms with Gasteiger partial charge in [0.25, 0.3) is 0 Å². The summed E-state index contributed by atoms with van der Waals surface area (Å²) in [6.07, 6.45) is 0. The van der Waals surface area contributed by atoms with Crippen LogP contribution in [0.2, 0.25) is 0 Å². The average molecular weight is 729 g/mol. The Labute approximate surface area is 333 Å². The van der Waals surface area contributed by atoms with Gasteiger partial charge in [-0.1, -0.05) is 166 Å². The van der Waals surface area contributed by atoms with E-state index in [1.54, 1.807) is 0 Å². The van der Waals surface area contributed by atoms with Gasteiger partial charge in [-0.25, -0.2) is 0 Å². The van der Waals surface area contributed by atoms with Gasteiger partial charge in [0.05, 0.1) is 16.7 Å². The second kappa shape index (κ2) is 13.0. The van der Waals surface area contributed by atoms with Crippen LogP contribution in [0.4, 0.5) is 17.1 Å². The first kappa shape index (κ1) is 33.2. The molecule has 0 fully saturated rings. The van der Waals surface area contributed by atoms with Crippen molar-refractivity contribution in [3.8, 4) is 39.1 Å². The van der Waals surface area contributed by atoms with Crippen molar-refractivity contribution in [3.63, 3.8) is 0 Å². The number of aromatic nitrogens is 1. The molecule has 1 aliphatic rings. The van der Waals surface area contributed by atoms with Crippen LogP contribution in [0.25, 0.3) is 71.6 Å². The highest BCUT2D eigenvalue weighted by molar-refractivity contribution is 6.25. The minimum atomic E-state index is -0.111. The second-order valence-electron chi connectivity index (χ2n) is 15.8. The third-order valence-corrected chi connectivity index (χ3v) is 12.2. The zero-order valence-electron chi connectivity index (χ0n) is 32.0.